The number of nitrogens with one attached hydrogen (secondary N) is 2. The van der Waals surface area contributed by atoms with Crippen LogP contribution in [-0.2, 0) is 10.7 Å². The van der Waals surface area contributed by atoms with Gasteiger partial charge in [0.2, 0.25) is 5.91 Å². The maximum absolute atomic E-state index is 14.6. The molecule has 1 aliphatic heterocycles. The molecule has 3 aromatic rings. The van der Waals surface area contributed by atoms with Crippen molar-refractivity contribution in [3.8, 4) is 11.3 Å². The van der Waals surface area contributed by atoms with Crippen LogP contribution >= 0.6 is 11.3 Å². The molecular formula is C30H38F4N6O2S. The third-order valence-electron chi connectivity index (χ3n) is 8.15. The zero-order chi connectivity index (χ0) is 30.6. The Balaban J connectivity index is 1.38. The van der Waals surface area contributed by atoms with Crippen LogP contribution in [0.5, 0.6) is 0 Å². The van der Waals surface area contributed by atoms with E-state index in [-0.39, 0.29) is 42.6 Å². The number of piperidine rings is 1. The highest BCUT2D eigenvalue weighted by molar-refractivity contribution is 7.13. The predicted octanol–water partition coefficient (Wildman–Crippen LogP) is 6.33. The Kier molecular flexibility index (Phi) is 9.84. The van der Waals surface area contributed by atoms with E-state index in [0.29, 0.717) is 42.3 Å². The topological polar surface area (TPSA) is 95.3 Å². The van der Waals surface area contributed by atoms with E-state index in [9.17, 15) is 27.5 Å². The number of aliphatic hydroxyl groups excluding tert-OH is 1. The van der Waals surface area contributed by atoms with E-state index in [4.69, 9.17) is 5.10 Å². The third kappa shape index (κ3) is 8.20. The number of carbonyl (C=O) groups excluding carboxylic acids is 1. The van der Waals surface area contributed by atoms with Crippen molar-refractivity contribution in [2.45, 2.75) is 88.4 Å². The smallest absolute Gasteiger partial charge is 0.271 e. The molecule has 0 spiro atoms. The van der Waals surface area contributed by atoms with Crippen LogP contribution < -0.4 is 10.6 Å². The number of rotatable bonds is 12. The number of anilines is 1. The van der Waals surface area contributed by atoms with E-state index >= 15 is 0 Å². The number of thiazole rings is 1. The number of alkyl halides is 4. The molecule has 0 radical (unpaired) electrons. The van der Waals surface area contributed by atoms with Crippen LogP contribution in [-0.4, -0.2) is 62.3 Å². The number of benzene rings is 1. The molecule has 8 nitrogen and oxygen atoms in total. The number of amides is 1. The van der Waals surface area contributed by atoms with E-state index in [1.807, 2.05) is 0 Å². The molecule has 234 valence electrons. The predicted molar refractivity (Wildman–Crippen MR) is 157 cm³/mol. The lowest BCUT2D eigenvalue weighted by atomic mass is 9.99. The van der Waals surface area contributed by atoms with Crippen molar-refractivity contribution >= 4 is 22.4 Å². The van der Waals surface area contributed by atoms with Gasteiger partial charge in [0.05, 0.1) is 18.3 Å². The molecule has 3 heterocycles. The molecule has 1 saturated heterocycles. The maximum atomic E-state index is 14.6. The van der Waals surface area contributed by atoms with Gasteiger partial charge in [0.1, 0.15) is 11.9 Å². The van der Waals surface area contributed by atoms with Crippen LogP contribution in [0.1, 0.15) is 81.8 Å². The van der Waals surface area contributed by atoms with Crippen LogP contribution in [0.15, 0.2) is 41.9 Å². The van der Waals surface area contributed by atoms with E-state index in [0.717, 1.165) is 32.6 Å². The van der Waals surface area contributed by atoms with Crippen molar-refractivity contribution in [2.75, 3.05) is 25.0 Å². The molecule has 2 aliphatic rings. The molecule has 1 aliphatic carbocycles. The first-order valence-electron chi connectivity index (χ1n) is 14.8. The van der Waals surface area contributed by atoms with Crippen molar-refractivity contribution in [3.05, 3.63) is 53.2 Å². The van der Waals surface area contributed by atoms with Gasteiger partial charge in [-0.15, -0.1) is 11.3 Å². The highest BCUT2D eigenvalue weighted by atomic mass is 32.1. The minimum atomic E-state index is -3.08. The Labute approximate surface area is 252 Å². The first kappa shape index (κ1) is 31.6. The van der Waals surface area contributed by atoms with Gasteiger partial charge in [-0.1, -0.05) is 37.1 Å². The minimum absolute atomic E-state index is 0.00937. The molecule has 0 bridgehead atoms. The monoisotopic (exact) mass is 622 g/mol. The summed E-state index contributed by atoms with van der Waals surface area (Å²) in [5, 5.41) is 24.0. The first-order chi connectivity index (χ1) is 20.5. The van der Waals surface area contributed by atoms with Gasteiger partial charge in [0.15, 0.2) is 5.13 Å². The van der Waals surface area contributed by atoms with Gasteiger partial charge in [-0.3, -0.25) is 19.7 Å². The van der Waals surface area contributed by atoms with Gasteiger partial charge in [-0.25, -0.2) is 22.5 Å². The molecule has 2 fully saturated rings. The average molecular weight is 623 g/mol. The van der Waals surface area contributed by atoms with E-state index in [1.54, 1.807) is 45.4 Å². The van der Waals surface area contributed by atoms with Gasteiger partial charge < -0.3 is 10.4 Å². The number of aromatic nitrogens is 3. The van der Waals surface area contributed by atoms with Crippen LogP contribution in [0.3, 0.4) is 0 Å². The van der Waals surface area contributed by atoms with E-state index in [2.05, 4.69) is 15.6 Å². The summed E-state index contributed by atoms with van der Waals surface area (Å²) < 4.78 is 59.0. The summed E-state index contributed by atoms with van der Waals surface area (Å²) in [5.41, 5.74) is 0.955. The lowest BCUT2D eigenvalue weighted by molar-refractivity contribution is -0.117. The zero-order valence-electron chi connectivity index (χ0n) is 24.1. The molecular weight excluding hydrogens is 584 g/mol. The van der Waals surface area contributed by atoms with Crippen molar-refractivity contribution in [2.24, 2.45) is 0 Å². The van der Waals surface area contributed by atoms with Crippen LogP contribution in [0, 0.1) is 0 Å². The standard InChI is InChI=1S/C30H38F4N6O2S/c1-29(31,32)23-10-5-4-9-22(23)25-18-24(38-40(25)21-7-2-3-8-21)27(42)36-20(17-26(41)37-28-35-13-16-43-28)11-15-39-14-6-12-30(33,34)19-39/h4-5,9-10,13,16,18,20-21,27,36,42H,2-3,6-8,11-12,14-15,17,19H2,1H3,(H,35,37,41)/t20-,27?/m0/s1. The lowest BCUT2D eigenvalue weighted by Crippen LogP contribution is -2.45. The summed E-state index contributed by atoms with van der Waals surface area (Å²) >= 11 is 1.27. The van der Waals surface area contributed by atoms with Gasteiger partial charge in [-0.05, 0) is 44.8 Å². The van der Waals surface area contributed by atoms with Gasteiger partial charge in [0.25, 0.3) is 11.8 Å². The maximum Gasteiger partial charge on any atom is 0.271 e. The summed E-state index contributed by atoms with van der Waals surface area (Å²) in [6.45, 7) is 1.36. The molecule has 13 heteroatoms. The van der Waals surface area contributed by atoms with Crippen LogP contribution in [0.4, 0.5) is 22.7 Å². The third-order valence-corrected chi connectivity index (χ3v) is 8.84. The summed E-state index contributed by atoms with van der Waals surface area (Å²) in [4.78, 5) is 18.6. The number of nitrogens with zero attached hydrogens (tertiary/aromatic N) is 4. The van der Waals surface area contributed by atoms with E-state index in [1.165, 1.54) is 17.4 Å². The largest absolute Gasteiger partial charge is 0.373 e. The van der Waals surface area contributed by atoms with Crippen molar-refractivity contribution in [1.82, 2.24) is 25.0 Å². The van der Waals surface area contributed by atoms with Crippen molar-refractivity contribution in [1.29, 1.82) is 0 Å². The molecule has 43 heavy (non-hydrogen) atoms. The fraction of sp³-hybridized carbons (Fsp3) is 0.567. The van der Waals surface area contributed by atoms with Crippen molar-refractivity contribution in [3.63, 3.8) is 0 Å². The average Bonchev–Trinajstić information content (AvgIpc) is 3.73. The Morgan fingerprint density at radius 1 is 1.23 bits per heavy atom. The fourth-order valence-corrected chi connectivity index (χ4v) is 6.62. The first-order valence-corrected chi connectivity index (χ1v) is 15.7. The Morgan fingerprint density at radius 3 is 2.70 bits per heavy atom. The molecule has 5 rings (SSSR count). The number of aliphatic hydroxyl groups is 1. The number of halogens is 4. The second-order valence-corrected chi connectivity index (χ2v) is 12.5. The summed E-state index contributed by atoms with van der Waals surface area (Å²) in [6.07, 6.45) is 4.47. The molecule has 1 unspecified atom stereocenters. The van der Waals surface area contributed by atoms with Gasteiger partial charge in [0, 0.05) is 48.5 Å². The van der Waals surface area contributed by atoms with E-state index < -0.39 is 24.1 Å². The highest BCUT2D eigenvalue weighted by Gasteiger charge is 2.36. The van der Waals surface area contributed by atoms with Crippen molar-refractivity contribution < 1.29 is 27.5 Å². The minimum Gasteiger partial charge on any atom is -0.373 e. The molecule has 2 aromatic heterocycles. The molecule has 1 aromatic carbocycles. The normalized spacial score (nSPS) is 19.4. The summed E-state index contributed by atoms with van der Waals surface area (Å²) in [7, 11) is 0. The lowest BCUT2D eigenvalue weighted by Gasteiger charge is -2.33. The van der Waals surface area contributed by atoms with Crippen LogP contribution in [0.25, 0.3) is 11.3 Å². The highest BCUT2D eigenvalue weighted by Crippen LogP contribution is 2.39. The molecule has 1 amide bonds. The Morgan fingerprint density at radius 2 is 2.00 bits per heavy atom. The summed E-state index contributed by atoms with van der Waals surface area (Å²) in [6, 6.07) is 7.36. The van der Waals surface area contributed by atoms with Crippen LogP contribution in [0.2, 0.25) is 0 Å². The van der Waals surface area contributed by atoms with Gasteiger partial charge in [-0.2, -0.15) is 5.10 Å². The Bertz CT molecular complexity index is 1360. The summed E-state index contributed by atoms with van der Waals surface area (Å²) in [5.74, 6) is -6.17. The molecule has 1 saturated carbocycles. The number of carbonyl (C=O) groups is 1. The second kappa shape index (κ2) is 13.4. The quantitative estimate of drug-likeness (QED) is 0.161. The molecule has 2 atom stereocenters. The zero-order valence-corrected chi connectivity index (χ0v) is 24.9. The molecule has 3 N–H and O–H groups in total. The Hall–Kier alpha value is -2.87. The number of hydrogen-bond acceptors (Lipinski definition) is 7. The second-order valence-electron chi connectivity index (χ2n) is 11.7. The number of likely N-dealkylation sites (tertiary alicyclic amines) is 1. The number of hydrogen-bond donors (Lipinski definition) is 3. The van der Waals surface area contributed by atoms with Gasteiger partial charge >= 0.3 is 0 Å². The SMILES string of the molecule is CC(F)(F)c1ccccc1-c1cc(C(O)N[C@@H](CCN2CCCC(F)(F)C2)CC(=O)Nc2nccs2)nn1C1CCCC1. The fourth-order valence-electron chi connectivity index (χ4n) is 6.07.